The third-order valence-electron chi connectivity index (χ3n) is 2.26. The number of aromatic nitrogens is 1. The fourth-order valence-corrected chi connectivity index (χ4v) is 2.18. The summed E-state index contributed by atoms with van der Waals surface area (Å²) in [6, 6.07) is 4.12. The third kappa shape index (κ3) is 4.49. The zero-order valence-corrected chi connectivity index (χ0v) is 11.9. The fraction of sp³-hybridized carbons (Fsp3) is 0.364. The predicted molar refractivity (Wildman–Crippen MR) is 71.2 cm³/mol. The van der Waals surface area contributed by atoms with Crippen molar-refractivity contribution < 1.29 is 13.2 Å². The highest BCUT2D eigenvalue weighted by molar-refractivity contribution is 7.89. The van der Waals surface area contributed by atoms with Gasteiger partial charge in [-0.15, -0.1) is 0 Å². The van der Waals surface area contributed by atoms with Crippen molar-refractivity contribution in [3.05, 3.63) is 24.0 Å². The number of amides is 2. The molecule has 0 saturated heterocycles. The van der Waals surface area contributed by atoms with Gasteiger partial charge in [0.15, 0.2) is 0 Å². The van der Waals surface area contributed by atoms with E-state index in [0.29, 0.717) is 0 Å². The van der Waals surface area contributed by atoms with Crippen molar-refractivity contribution in [3.8, 4) is 6.07 Å². The van der Waals surface area contributed by atoms with Crippen molar-refractivity contribution in [1.29, 1.82) is 5.26 Å². The molecule has 1 rings (SSSR count). The van der Waals surface area contributed by atoms with E-state index in [2.05, 4.69) is 15.0 Å². The number of nitrogens with one attached hydrogen (secondary N) is 2. The maximum absolute atomic E-state index is 11.9. The molecule has 1 aromatic rings. The molecule has 0 atom stereocenters. The first-order valence-corrected chi connectivity index (χ1v) is 7.16. The van der Waals surface area contributed by atoms with E-state index in [9.17, 15) is 13.2 Å². The number of nitriles is 1. The van der Waals surface area contributed by atoms with E-state index in [1.807, 2.05) is 0 Å². The average molecular weight is 297 g/mol. The summed E-state index contributed by atoms with van der Waals surface area (Å²) in [5.41, 5.74) is 0.141. The maximum atomic E-state index is 11.9. The summed E-state index contributed by atoms with van der Waals surface area (Å²) in [7, 11) is -0.520. The fourth-order valence-electron chi connectivity index (χ4n) is 1.20. The quantitative estimate of drug-likeness (QED) is 0.711. The van der Waals surface area contributed by atoms with Gasteiger partial charge in [-0.05, 0) is 12.1 Å². The highest BCUT2D eigenvalue weighted by Crippen LogP contribution is 2.06. The van der Waals surface area contributed by atoms with Crippen molar-refractivity contribution in [3.63, 3.8) is 0 Å². The summed E-state index contributed by atoms with van der Waals surface area (Å²) in [5, 5.41) is 11.1. The minimum absolute atomic E-state index is 0.0320. The lowest BCUT2D eigenvalue weighted by molar-refractivity contribution is 0.217. The van der Waals surface area contributed by atoms with E-state index in [4.69, 9.17) is 5.26 Å². The number of sulfonamides is 1. The van der Waals surface area contributed by atoms with Crippen LogP contribution in [0.1, 0.15) is 5.69 Å². The molecule has 0 fully saturated rings. The molecule has 0 spiro atoms. The van der Waals surface area contributed by atoms with Crippen LogP contribution in [-0.4, -0.2) is 51.5 Å². The van der Waals surface area contributed by atoms with Crippen LogP contribution in [0.3, 0.4) is 0 Å². The van der Waals surface area contributed by atoms with E-state index in [1.54, 1.807) is 20.2 Å². The van der Waals surface area contributed by atoms with Crippen LogP contribution >= 0.6 is 0 Å². The Morgan fingerprint density at radius 2 is 2.10 bits per heavy atom. The zero-order chi connectivity index (χ0) is 15.2. The summed E-state index contributed by atoms with van der Waals surface area (Å²) in [6.45, 7) is 0.224. The van der Waals surface area contributed by atoms with Gasteiger partial charge < -0.3 is 10.2 Å². The minimum atomic E-state index is -3.69. The SMILES string of the molecule is CN(C)C(=O)NCCNS(=O)(=O)c1ccc(C#N)nc1. The average Bonchev–Trinajstić information content (AvgIpc) is 2.43. The molecule has 8 nitrogen and oxygen atoms in total. The van der Waals surface area contributed by atoms with Gasteiger partial charge >= 0.3 is 6.03 Å². The van der Waals surface area contributed by atoms with Crippen LogP contribution < -0.4 is 10.0 Å². The van der Waals surface area contributed by atoms with E-state index >= 15 is 0 Å². The number of carbonyl (C=O) groups is 1. The van der Waals surface area contributed by atoms with Crippen LogP contribution in [0.15, 0.2) is 23.2 Å². The Kier molecular flexibility index (Phi) is 5.42. The molecular formula is C11H15N5O3S. The number of hydrogen-bond donors (Lipinski definition) is 2. The second-order valence-electron chi connectivity index (χ2n) is 4.02. The number of urea groups is 1. The third-order valence-corrected chi connectivity index (χ3v) is 3.71. The minimum Gasteiger partial charge on any atom is -0.337 e. The number of carbonyl (C=O) groups excluding carboxylic acids is 1. The lowest BCUT2D eigenvalue weighted by Crippen LogP contribution is -2.39. The van der Waals surface area contributed by atoms with Gasteiger partial charge in [0.25, 0.3) is 0 Å². The van der Waals surface area contributed by atoms with Gasteiger partial charge in [0.1, 0.15) is 16.7 Å². The molecule has 108 valence electrons. The Morgan fingerprint density at radius 1 is 1.40 bits per heavy atom. The number of pyridine rings is 1. The smallest absolute Gasteiger partial charge is 0.316 e. The van der Waals surface area contributed by atoms with Gasteiger partial charge in [-0.1, -0.05) is 0 Å². The number of rotatable bonds is 5. The monoisotopic (exact) mass is 297 g/mol. The van der Waals surface area contributed by atoms with Crippen LogP contribution in [0, 0.1) is 11.3 Å². The van der Waals surface area contributed by atoms with Crippen LogP contribution in [0.4, 0.5) is 4.79 Å². The van der Waals surface area contributed by atoms with Crippen LogP contribution in [0.5, 0.6) is 0 Å². The number of hydrogen-bond acceptors (Lipinski definition) is 5. The van der Waals surface area contributed by atoms with Crippen molar-refractivity contribution in [2.45, 2.75) is 4.90 Å². The topological polar surface area (TPSA) is 115 Å². The summed E-state index contributed by atoms with van der Waals surface area (Å²) >= 11 is 0. The Labute approximate surface area is 117 Å². The molecule has 0 unspecified atom stereocenters. The molecule has 1 aromatic heterocycles. The van der Waals surface area contributed by atoms with Crippen molar-refractivity contribution in [1.82, 2.24) is 19.9 Å². The van der Waals surface area contributed by atoms with Gasteiger partial charge in [0.2, 0.25) is 10.0 Å². The molecule has 1 heterocycles. The lowest BCUT2D eigenvalue weighted by atomic mass is 10.4. The maximum Gasteiger partial charge on any atom is 0.316 e. The van der Waals surface area contributed by atoms with Gasteiger partial charge in [-0.3, -0.25) is 0 Å². The Morgan fingerprint density at radius 3 is 2.60 bits per heavy atom. The molecule has 20 heavy (non-hydrogen) atoms. The van der Waals surface area contributed by atoms with Crippen LogP contribution in [-0.2, 0) is 10.0 Å². The number of nitrogens with zero attached hydrogens (tertiary/aromatic N) is 3. The van der Waals surface area contributed by atoms with Gasteiger partial charge in [0, 0.05) is 33.4 Å². The molecule has 2 amide bonds. The molecule has 0 aliphatic rings. The molecular weight excluding hydrogens is 282 g/mol. The molecule has 0 radical (unpaired) electrons. The zero-order valence-electron chi connectivity index (χ0n) is 11.1. The van der Waals surface area contributed by atoms with Crippen molar-refractivity contribution in [2.75, 3.05) is 27.2 Å². The molecule has 0 aliphatic heterocycles. The molecule has 0 aromatic carbocycles. The van der Waals surface area contributed by atoms with Crippen LogP contribution in [0.25, 0.3) is 0 Å². The van der Waals surface area contributed by atoms with E-state index < -0.39 is 10.0 Å². The second-order valence-corrected chi connectivity index (χ2v) is 5.78. The summed E-state index contributed by atoms with van der Waals surface area (Å²) in [5.74, 6) is 0. The molecule has 9 heteroatoms. The first-order chi connectivity index (χ1) is 9.36. The summed E-state index contributed by atoms with van der Waals surface area (Å²) in [4.78, 5) is 16.2. The first kappa shape index (κ1) is 15.9. The van der Waals surface area contributed by atoms with Crippen LogP contribution in [0.2, 0.25) is 0 Å². The highest BCUT2D eigenvalue weighted by Gasteiger charge is 2.14. The largest absolute Gasteiger partial charge is 0.337 e. The molecule has 0 saturated carbocycles. The lowest BCUT2D eigenvalue weighted by Gasteiger charge is -2.12. The van der Waals surface area contributed by atoms with Crippen molar-refractivity contribution in [2.24, 2.45) is 0 Å². The van der Waals surface area contributed by atoms with Gasteiger partial charge in [0.05, 0.1) is 0 Å². The highest BCUT2D eigenvalue weighted by atomic mass is 32.2. The normalized spacial score (nSPS) is 10.7. The molecule has 0 bridgehead atoms. The van der Waals surface area contributed by atoms with Gasteiger partial charge in [-0.25, -0.2) is 22.9 Å². The van der Waals surface area contributed by atoms with E-state index in [1.165, 1.54) is 17.0 Å². The summed E-state index contributed by atoms with van der Waals surface area (Å²) in [6.07, 6.45) is 1.11. The molecule has 0 aliphatic carbocycles. The van der Waals surface area contributed by atoms with E-state index in [0.717, 1.165) is 6.20 Å². The Bertz CT molecular complexity index is 604. The molecule has 2 N–H and O–H groups in total. The predicted octanol–water partition coefficient (Wildman–Crippen LogP) is -0.497. The summed E-state index contributed by atoms with van der Waals surface area (Å²) < 4.78 is 26.0. The Balaban J connectivity index is 2.53. The first-order valence-electron chi connectivity index (χ1n) is 5.68. The standard InChI is InChI=1S/C11H15N5O3S/c1-16(2)11(17)13-5-6-15-20(18,19)10-4-3-9(7-12)14-8-10/h3-4,8,15H,5-6H2,1-2H3,(H,13,17). The van der Waals surface area contributed by atoms with Gasteiger partial charge in [-0.2, -0.15) is 5.26 Å². The van der Waals surface area contributed by atoms with Crippen molar-refractivity contribution >= 4 is 16.1 Å². The van der Waals surface area contributed by atoms with E-state index in [-0.39, 0.29) is 29.7 Å². The Hall–Kier alpha value is -2.18. The second kappa shape index (κ2) is 6.83.